The van der Waals surface area contributed by atoms with Crippen LogP contribution in [0.5, 0.6) is 5.75 Å². The largest absolute Gasteiger partial charge is 0.495 e. The molecule has 32 heavy (non-hydrogen) atoms. The molecule has 162 valence electrons. The maximum Gasteiger partial charge on any atom is 0.283 e. The molecular weight excluding hydrogens is 474 g/mol. The molecular formula is C23H15Cl2FN2O3S. The molecule has 0 radical (unpaired) electrons. The summed E-state index contributed by atoms with van der Waals surface area (Å²) in [5.41, 5.74) is 0.203. The zero-order chi connectivity index (χ0) is 22.8. The fourth-order valence-corrected chi connectivity index (χ4v) is 4.31. The molecule has 1 aliphatic heterocycles. The lowest BCUT2D eigenvalue weighted by Gasteiger charge is -2.18. The van der Waals surface area contributed by atoms with Crippen molar-refractivity contribution >= 4 is 58.2 Å². The Labute approximate surface area is 197 Å². The van der Waals surface area contributed by atoms with Crippen molar-refractivity contribution < 1.29 is 18.7 Å². The van der Waals surface area contributed by atoms with Crippen LogP contribution in [0.4, 0.5) is 15.8 Å². The summed E-state index contributed by atoms with van der Waals surface area (Å²) in [6, 6.07) is 17.3. The fraction of sp³-hybridized carbons (Fsp3) is 0.0435. The van der Waals surface area contributed by atoms with Crippen molar-refractivity contribution in [2.75, 3.05) is 17.3 Å². The second-order valence-electron chi connectivity index (χ2n) is 6.63. The van der Waals surface area contributed by atoms with Crippen LogP contribution in [0, 0.1) is 5.82 Å². The third-order valence-corrected chi connectivity index (χ3v) is 6.17. The van der Waals surface area contributed by atoms with Gasteiger partial charge in [-0.25, -0.2) is 9.29 Å². The number of benzene rings is 3. The van der Waals surface area contributed by atoms with E-state index in [-0.39, 0.29) is 22.0 Å². The first-order valence-electron chi connectivity index (χ1n) is 9.30. The Morgan fingerprint density at radius 1 is 0.938 bits per heavy atom. The summed E-state index contributed by atoms with van der Waals surface area (Å²) >= 11 is 13.1. The molecule has 1 aliphatic rings. The van der Waals surface area contributed by atoms with Crippen molar-refractivity contribution in [1.82, 2.24) is 0 Å². The van der Waals surface area contributed by atoms with Crippen molar-refractivity contribution in [2.24, 2.45) is 0 Å². The molecule has 0 atom stereocenters. The van der Waals surface area contributed by atoms with Gasteiger partial charge < -0.3 is 10.1 Å². The van der Waals surface area contributed by atoms with Crippen LogP contribution in [0.15, 0.2) is 82.2 Å². The Hall–Kier alpha value is -3.00. The summed E-state index contributed by atoms with van der Waals surface area (Å²) in [4.78, 5) is 28.6. The highest BCUT2D eigenvalue weighted by Crippen LogP contribution is 2.41. The average Bonchev–Trinajstić information content (AvgIpc) is 3.00. The number of rotatable bonds is 6. The van der Waals surface area contributed by atoms with Crippen LogP contribution in [0.3, 0.4) is 0 Å². The number of nitrogens with one attached hydrogen (secondary N) is 1. The molecule has 0 saturated carbocycles. The lowest BCUT2D eigenvalue weighted by Crippen LogP contribution is -2.32. The smallest absolute Gasteiger partial charge is 0.283 e. The maximum atomic E-state index is 14.3. The lowest BCUT2D eigenvalue weighted by molar-refractivity contribution is -0.120. The van der Waals surface area contributed by atoms with Crippen molar-refractivity contribution in [2.45, 2.75) is 4.90 Å². The van der Waals surface area contributed by atoms with E-state index in [4.69, 9.17) is 27.9 Å². The highest BCUT2D eigenvalue weighted by molar-refractivity contribution is 8.04. The van der Waals surface area contributed by atoms with Crippen LogP contribution >= 0.6 is 35.0 Å². The predicted octanol–water partition coefficient (Wildman–Crippen LogP) is 6.13. The van der Waals surface area contributed by atoms with Crippen LogP contribution in [-0.4, -0.2) is 18.9 Å². The van der Waals surface area contributed by atoms with E-state index >= 15 is 0 Å². The third kappa shape index (κ3) is 4.32. The maximum absolute atomic E-state index is 14.3. The minimum atomic E-state index is -0.657. The Balaban J connectivity index is 1.80. The molecule has 0 aromatic heterocycles. The molecule has 5 nitrogen and oxygen atoms in total. The van der Waals surface area contributed by atoms with Gasteiger partial charge in [0.2, 0.25) is 0 Å². The Bertz CT molecular complexity index is 1250. The van der Waals surface area contributed by atoms with Crippen molar-refractivity contribution in [3.8, 4) is 5.75 Å². The summed E-state index contributed by atoms with van der Waals surface area (Å²) in [6.45, 7) is 0. The number of nitrogens with zero attached hydrogens (tertiary/aromatic N) is 1. The SMILES string of the molecule is COc1ccc(Cl)cc1N1C(=O)C(Nc2ccccc2F)=C(Sc2ccc(Cl)cc2)C1=O. The van der Waals surface area contributed by atoms with Crippen LogP contribution in [0.25, 0.3) is 0 Å². The normalized spacial score (nSPS) is 13.7. The topological polar surface area (TPSA) is 58.6 Å². The predicted molar refractivity (Wildman–Crippen MR) is 125 cm³/mol. The summed E-state index contributed by atoms with van der Waals surface area (Å²) < 4.78 is 19.6. The third-order valence-electron chi connectivity index (χ3n) is 4.59. The van der Waals surface area contributed by atoms with E-state index in [2.05, 4.69) is 5.32 Å². The van der Waals surface area contributed by atoms with Gasteiger partial charge in [-0.2, -0.15) is 0 Å². The van der Waals surface area contributed by atoms with E-state index in [1.54, 1.807) is 42.5 Å². The highest BCUT2D eigenvalue weighted by atomic mass is 35.5. The number of carbonyl (C=O) groups excluding carboxylic acids is 2. The second-order valence-corrected chi connectivity index (χ2v) is 8.58. The molecule has 9 heteroatoms. The number of thioether (sulfide) groups is 1. The van der Waals surface area contributed by atoms with Gasteiger partial charge in [-0.3, -0.25) is 9.59 Å². The second kappa shape index (κ2) is 9.24. The molecule has 0 aliphatic carbocycles. The van der Waals surface area contributed by atoms with Crippen molar-refractivity contribution in [3.05, 3.63) is 93.2 Å². The van der Waals surface area contributed by atoms with Gasteiger partial charge >= 0.3 is 0 Å². The fourth-order valence-electron chi connectivity index (χ4n) is 3.09. The van der Waals surface area contributed by atoms with Crippen LogP contribution in [-0.2, 0) is 9.59 Å². The number of hydrogen-bond acceptors (Lipinski definition) is 5. The van der Waals surface area contributed by atoms with Crippen molar-refractivity contribution in [3.63, 3.8) is 0 Å². The van der Waals surface area contributed by atoms with Gasteiger partial charge in [-0.05, 0) is 54.6 Å². The molecule has 1 heterocycles. The van der Waals surface area contributed by atoms with Gasteiger partial charge in [0.1, 0.15) is 22.2 Å². The quantitative estimate of drug-likeness (QED) is 0.422. The number of imide groups is 1. The number of carbonyl (C=O) groups is 2. The number of anilines is 2. The minimum absolute atomic E-state index is 0.0536. The van der Waals surface area contributed by atoms with Gasteiger partial charge in [-0.15, -0.1) is 0 Å². The van der Waals surface area contributed by atoms with E-state index in [0.717, 1.165) is 16.7 Å². The van der Waals surface area contributed by atoms with Crippen LogP contribution in [0.1, 0.15) is 0 Å². The zero-order valence-corrected chi connectivity index (χ0v) is 18.9. The zero-order valence-electron chi connectivity index (χ0n) is 16.6. The molecule has 4 rings (SSSR count). The molecule has 0 bridgehead atoms. The Morgan fingerprint density at radius 3 is 2.31 bits per heavy atom. The molecule has 1 N–H and O–H groups in total. The number of methoxy groups -OCH3 is 1. The standard InChI is InChI=1S/C23H15Cl2FN2O3S/c1-31-19-11-8-14(25)12-18(19)28-22(29)20(27-17-5-3-2-4-16(17)26)21(23(28)30)32-15-9-6-13(24)7-10-15/h2-12,27H,1H3. The molecule has 0 fully saturated rings. The molecule has 3 aromatic rings. The van der Waals surface area contributed by atoms with Crippen molar-refractivity contribution in [1.29, 1.82) is 0 Å². The summed E-state index contributed by atoms with van der Waals surface area (Å²) in [7, 11) is 1.42. The van der Waals surface area contributed by atoms with E-state index in [1.165, 1.54) is 31.4 Å². The number of halogens is 3. The average molecular weight is 489 g/mol. The lowest BCUT2D eigenvalue weighted by atomic mass is 10.2. The van der Waals surface area contributed by atoms with Gasteiger partial charge in [0.25, 0.3) is 11.8 Å². The highest BCUT2D eigenvalue weighted by Gasteiger charge is 2.41. The first-order valence-corrected chi connectivity index (χ1v) is 10.9. The van der Waals surface area contributed by atoms with E-state index < -0.39 is 17.6 Å². The molecule has 0 saturated heterocycles. The van der Waals surface area contributed by atoms with E-state index in [1.807, 2.05) is 0 Å². The number of amides is 2. The number of ether oxygens (including phenoxy) is 1. The van der Waals surface area contributed by atoms with Gasteiger partial charge in [0, 0.05) is 14.9 Å². The molecule has 0 unspecified atom stereocenters. The molecule has 3 aromatic carbocycles. The Kier molecular flexibility index (Phi) is 6.41. The number of hydrogen-bond donors (Lipinski definition) is 1. The first kappa shape index (κ1) is 22.2. The van der Waals surface area contributed by atoms with E-state index in [0.29, 0.717) is 20.7 Å². The van der Waals surface area contributed by atoms with Crippen LogP contribution in [0.2, 0.25) is 10.0 Å². The minimum Gasteiger partial charge on any atom is -0.495 e. The van der Waals surface area contributed by atoms with Gasteiger partial charge in [0.15, 0.2) is 0 Å². The summed E-state index contributed by atoms with van der Waals surface area (Å²) in [5, 5.41) is 3.65. The monoisotopic (exact) mass is 488 g/mol. The van der Waals surface area contributed by atoms with Gasteiger partial charge in [-0.1, -0.05) is 47.1 Å². The van der Waals surface area contributed by atoms with Gasteiger partial charge in [0.05, 0.1) is 18.5 Å². The molecule has 2 amide bonds. The Morgan fingerprint density at radius 2 is 1.62 bits per heavy atom. The summed E-state index contributed by atoms with van der Waals surface area (Å²) in [6.07, 6.45) is 0. The molecule has 0 spiro atoms. The summed E-state index contributed by atoms with van der Waals surface area (Å²) in [5.74, 6) is -1.52. The number of para-hydroxylation sites is 1. The van der Waals surface area contributed by atoms with E-state index in [9.17, 15) is 14.0 Å². The van der Waals surface area contributed by atoms with Crippen LogP contribution < -0.4 is 15.0 Å². The first-order chi connectivity index (χ1) is 15.4.